The number of carbonyl (C=O) groups excluding carboxylic acids is 1. The van der Waals surface area contributed by atoms with Gasteiger partial charge in [0.15, 0.2) is 5.13 Å². The zero-order valence-corrected chi connectivity index (χ0v) is 19.5. The van der Waals surface area contributed by atoms with Crippen LogP contribution in [0.5, 0.6) is 0 Å². The minimum absolute atomic E-state index is 0.162. The predicted molar refractivity (Wildman–Crippen MR) is 124 cm³/mol. The van der Waals surface area contributed by atoms with E-state index in [1.54, 1.807) is 11.3 Å². The second-order valence-corrected chi connectivity index (χ2v) is 11.7. The molecule has 7 nitrogen and oxygen atoms in total. The maximum atomic E-state index is 14.0. The van der Waals surface area contributed by atoms with Crippen molar-refractivity contribution in [2.24, 2.45) is 5.92 Å². The van der Waals surface area contributed by atoms with E-state index in [1.165, 1.54) is 33.8 Å². The number of anilines is 1. The van der Waals surface area contributed by atoms with E-state index in [0.29, 0.717) is 18.0 Å². The fourth-order valence-corrected chi connectivity index (χ4v) is 7.44. The van der Waals surface area contributed by atoms with Gasteiger partial charge >= 0.3 is 0 Å². The van der Waals surface area contributed by atoms with Crippen LogP contribution in [0.1, 0.15) is 17.8 Å². The first-order valence-electron chi connectivity index (χ1n) is 10.0. The lowest BCUT2D eigenvalue weighted by molar-refractivity contribution is -0.120. The van der Waals surface area contributed by atoms with Gasteiger partial charge in [0, 0.05) is 19.0 Å². The standard InChI is InChI=1S/C21H19FN4O3S3/c1-12-23-15-6-7-16-19(18(15)30-12)31-21(24-16)25-20(27)13-8-10-26(11-9-13)32(28,29)17-5-3-2-4-14(17)22/h2-7,13H,8-11H2,1H3,(H,24,25,27). The van der Waals surface area contributed by atoms with Crippen LogP contribution in [-0.4, -0.2) is 41.7 Å². The van der Waals surface area contributed by atoms with E-state index in [4.69, 9.17) is 0 Å². The number of aromatic nitrogens is 2. The third kappa shape index (κ3) is 3.79. The van der Waals surface area contributed by atoms with Crippen LogP contribution in [-0.2, 0) is 14.8 Å². The SMILES string of the molecule is Cc1nc2ccc3nc(NC(=O)C4CCN(S(=O)(=O)c5ccccc5F)CC4)sc3c2s1. The third-order valence-electron chi connectivity index (χ3n) is 5.53. The number of thiazole rings is 2. The van der Waals surface area contributed by atoms with Crippen molar-refractivity contribution in [1.29, 1.82) is 0 Å². The number of benzene rings is 2. The van der Waals surface area contributed by atoms with Crippen molar-refractivity contribution in [2.75, 3.05) is 18.4 Å². The van der Waals surface area contributed by atoms with Crippen molar-refractivity contribution in [2.45, 2.75) is 24.7 Å². The molecule has 1 aliphatic heterocycles. The number of carbonyl (C=O) groups is 1. The molecule has 0 bridgehead atoms. The van der Waals surface area contributed by atoms with Crippen LogP contribution in [0.2, 0.25) is 0 Å². The molecule has 1 fully saturated rings. The average molecular weight is 491 g/mol. The highest BCUT2D eigenvalue weighted by Gasteiger charge is 2.33. The summed E-state index contributed by atoms with van der Waals surface area (Å²) >= 11 is 3.02. The van der Waals surface area contributed by atoms with Gasteiger partial charge in [-0.1, -0.05) is 23.5 Å². The molecule has 0 spiro atoms. The number of nitrogens with zero attached hydrogens (tertiary/aromatic N) is 3. The minimum Gasteiger partial charge on any atom is -0.302 e. The molecule has 0 atom stereocenters. The molecule has 1 amide bonds. The minimum atomic E-state index is -3.93. The number of rotatable bonds is 4. The third-order valence-corrected chi connectivity index (χ3v) is 9.60. The van der Waals surface area contributed by atoms with Gasteiger partial charge < -0.3 is 5.32 Å². The molecule has 2 aromatic heterocycles. The van der Waals surface area contributed by atoms with Crippen molar-refractivity contribution in [3.05, 3.63) is 47.2 Å². The second-order valence-electron chi connectivity index (χ2n) is 7.61. The number of hydrogen-bond donors (Lipinski definition) is 1. The van der Waals surface area contributed by atoms with Gasteiger partial charge in [-0.15, -0.1) is 11.3 Å². The molecule has 2 aromatic carbocycles. The van der Waals surface area contributed by atoms with Crippen molar-refractivity contribution in [1.82, 2.24) is 14.3 Å². The monoisotopic (exact) mass is 490 g/mol. The number of piperidine rings is 1. The van der Waals surface area contributed by atoms with Crippen LogP contribution in [0.25, 0.3) is 20.4 Å². The molecule has 32 heavy (non-hydrogen) atoms. The predicted octanol–water partition coefficient (Wildman–Crippen LogP) is 4.39. The van der Waals surface area contributed by atoms with Crippen molar-refractivity contribution < 1.29 is 17.6 Å². The molecular weight excluding hydrogens is 471 g/mol. The number of hydrogen-bond acceptors (Lipinski definition) is 7. The van der Waals surface area contributed by atoms with Gasteiger partial charge in [0.05, 0.1) is 25.4 Å². The Morgan fingerprint density at radius 2 is 1.72 bits per heavy atom. The molecule has 0 aliphatic carbocycles. The van der Waals surface area contributed by atoms with E-state index in [2.05, 4.69) is 15.3 Å². The zero-order chi connectivity index (χ0) is 22.5. The molecule has 0 saturated carbocycles. The zero-order valence-electron chi connectivity index (χ0n) is 17.0. The highest BCUT2D eigenvalue weighted by molar-refractivity contribution is 7.89. The molecule has 11 heteroatoms. The fraction of sp³-hybridized carbons (Fsp3) is 0.286. The van der Waals surface area contributed by atoms with Crippen molar-refractivity contribution in [3.63, 3.8) is 0 Å². The molecule has 166 valence electrons. The van der Waals surface area contributed by atoms with Crippen LogP contribution in [0.4, 0.5) is 9.52 Å². The Morgan fingerprint density at radius 3 is 2.44 bits per heavy atom. The van der Waals surface area contributed by atoms with Crippen molar-refractivity contribution in [3.8, 4) is 0 Å². The Bertz CT molecular complexity index is 1440. The van der Waals surface area contributed by atoms with E-state index >= 15 is 0 Å². The summed E-state index contributed by atoms with van der Waals surface area (Å²) in [7, 11) is -3.93. The van der Waals surface area contributed by atoms with E-state index in [9.17, 15) is 17.6 Å². The van der Waals surface area contributed by atoms with Crippen LogP contribution in [0, 0.1) is 18.7 Å². The van der Waals surface area contributed by atoms with Gasteiger partial charge in [0.1, 0.15) is 10.7 Å². The van der Waals surface area contributed by atoms with Crippen LogP contribution >= 0.6 is 22.7 Å². The normalized spacial score (nSPS) is 16.1. The van der Waals surface area contributed by atoms with E-state index in [-0.39, 0.29) is 29.8 Å². The van der Waals surface area contributed by atoms with Gasteiger partial charge in [0.25, 0.3) is 0 Å². The molecule has 1 saturated heterocycles. The topological polar surface area (TPSA) is 92.3 Å². The molecular formula is C21H19FN4O3S3. The first kappa shape index (κ1) is 21.4. The van der Waals surface area contributed by atoms with Gasteiger partial charge in [-0.05, 0) is 44.0 Å². The van der Waals surface area contributed by atoms with Crippen LogP contribution in [0.15, 0.2) is 41.3 Å². The van der Waals surface area contributed by atoms with Gasteiger partial charge in [-0.3, -0.25) is 4.79 Å². The Kier molecular flexibility index (Phi) is 5.44. The highest BCUT2D eigenvalue weighted by Crippen LogP contribution is 2.36. The largest absolute Gasteiger partial charge is 0.302 e. The highest BCUT2D eigenvalue weighted by atomic mass is 32.2. The van der Waals surface area contributed by atoms with E-state index in [0.717, 1.165) is 31.5 Å². The lowest BCUT2D eigenvalue weighted by Gasteiger charge is -2.30. The summed E-state index contributed by atoms with van der Waals surface area (Å²) < 4.78 is 42.8. The molecule has 0 radical (unpaired) electrons. The summed E-state index contributed by atoms with van der Waals surface area (Å²) in [6.07, 6.45) is 0.728. The fourth-order valence-electron chi connectivity index (χ4n) is 3.90. The van der Waals surface area contributed by atoms with Gasteiger partial charge in [-0.2, -0.15) is 4.31 Å². The molecule has 5 rings (SSSR count). The Morgan fingerprint density at radius 1 is 1.06 bits per heavy atom. The summed E-state index contributed by atoms with van der Waals surface area (Å²) in [5, 5.41) is 4.39. The number of amides is 1. The summed E-state index contributed by atoms with van der Waals surface area (Å²) in [4.78, 5) is 21.5. The summed E-state index contributed by atoms with van der Waals surface area (Å²) in [5.74, 6) is -1.28. The van der Waals surface area contributed by atoms with Crippen molar-refractivity contribution >= 4 is 64.2 Å². The van der Waals surface area contributed by atoms with Crippen LogP contribution in [0.3, 0.4) is 0 Å². The molecule has 0 unspecified atom stereocenters. The Labute approximate surface area is 192 Å². The Hall–Kier alpha value is -2.47. The Balaban J connectivity index is 1.28. The molecule has 1 aliphatic rings. The van der Waals surface area contributed by atoms with Gasteiger partial charge in [0.2, 0.25) is 15.9 Å². The maximum Gasteiger partial charge on any atom is 0.245 e. The smallest absolute Gasteiger partial charge is 0.245 e. The molecule has 3 heterocycles. The van der Waals surface area contributed by atoms with Crippen LogP contribution < -0.4 is 5.32 Å². The van der Waals surface area contributed by atoms with E-state index in [1.807, 2.05) is 19.1 Å². The van der Waals surface area contributed by atoms with E-state index < -0.39 is 15.8 Å². The lowest BCUT2D eigenvalue weighted by atomic mass is 9.97. The average Bonchev–Trinajstić information content (AvgIpc) is 3.36. The lowest BCUT2D eigenvalue weighted by Crippen LogP contribution is -2.41. The summed E-state index contributed by atoms with van der Waals surface area (Å²) in [6.45, 7) is 2.28. The number of sulfonamides is 1. The maximum absolute atomic E-state index is 14.0. The number of halogens is 1. The molecule has 4 aromatic rings. The number of fused-ring (bicyclic) bond motifs is 3. The second kappa shape index (κ2) is 8.14. The quantitative estimate of drug-likeness (QED) is 0.458. The first-order chi connectivity index (χ1) is 15.3. The summed E-state index contributed by atoms with van der Waals surface area (Å²) in [5.41, 5.74) is 1.73. The molecule has 1 N–H and O–H groups in total. The first-order valence-corrected chi connectivity index (χ1v) is 13.1. The van der Waals surface area contributed by atoms with Gasteiger partial charge in [-0.25, -0.2) is 22.8 Å². The number of aryl methyl sites for hydroxylation is 1. The number of nitrogens with one attached hydrogen (secondary N) is 1. The summed E-state index contributed by atoms with van der Waals surface area (Å²) in [6, 6.07) is 9.17.